The molecule has 0 aliphatic heterocycles. The van der Waals surface area contributed by atoms with Gasteiger partial charge in [0.05, 0.1) is 12.1 Å². The summed E-state index contributed by atoms with van der Waals surface area (Å²) < 4.78 is 5.12. The van der Waals surface area contributed by atoms with E-state index in [0.29, 0.717) is 12.3 Å². The largest absolute Gasteiger partial charge is 0.478 e. The van der Waals surface area contributed by atoms with E-state index >= 15 is 0 Å². The molecule has 88 valence electrons. The van der Waals surface area contributed by atoms with Gasteiger partial charge in [-0.3, -0.25) is 0 Å². The Morgan fingerprint density at radius 2 is 2.00 bits per heavy atom. The van der Waals surface area contributed by atoms with E-state index in [4.69, 9.17) is 9.52 Å². The Labute approximate surface area is 98.9 Å². The van der Waals surface area contributed by atoms with Crippen LogP contribution in [0.4, 0.5) is 0 Å². The van der Waals surface area contributed by atoms with Crippen LogP contribution in [-0.2, 0) is 13.1 Å². The van der Waals surface area contributed by atoms with Gasteiger partial charge in [-0.05, 0) is 11.6 Å². The average molecular weight is 231 g/mol. The van der Waals surface area contributed by atoms with Crippen molar-refractivity contribution in [3.63, 3.8) is 0 Å². The average Bonchev–Trinajstić information content (AvgIpc) is 2.79. The van der Waals surface area contributed by atoms with Crippen molar-refractivity contribution >= 4 is 5.97 Å². The van der Waals surface area contributed by atoms with E-state index in [0.717, 1.165) is 6.54 Å². The maximum absolute atomic E-state index is 10.6. The van der Waals surface area contributed by atoms with Crippen molar-refractivity contribution in [1.29, 1.82) is 0 Å². The molecule has 0 aliphatic carbocycles. The first-order valence-electron chi connectivity index (χ1n) is 5.31. The van der Waals surface area contributed by atoms with Crippen LogP contribution in [0.25, 0.3) is 0 Å². The van der Waals surface area contributed by atoms with Gasteiger partial charge in [-0.25, -0.2) is 4.79 Å². The summed E-state index contributed by atoms with van der Waals surface area (Å²) in [6, 6.07) is 11.5. The highest BCUT2D eigenvalue weighted by molar-refractivity contribution is 5.87. The van der Waals surface area contributed by atoms with E-state index < -0.39 is 5.97 Å². The van der Waals surface area contributed by atoms with Crippen LogP contribution in [0.2, 0.25) is 0 Å². The zero-order chi connectivity index (χ0) is 12.1. The molecule has 1 aromatic carbocycles. The Hall–Kier alpha value is -2.07. The molecule has 0 unspecified atom stereocenters. The molecule has 2 rings (SSSR count). The van der Waals surface area contributed by atoms with Gasteiger partial charge in [-0.1, -0.05) is 30.3 Å². The molecule has 0 amide bonds. The van der Waals surface area contributed by atoms with E-state index in [-0.39, 0.29) is 5.56 Å². The van der Waals surface area contributed by atoms with Crippen molar-refractivity contribution in [3.8, 4) is 0 Å². The SMILES string of the molecule is O=C(O)c1coc(CNCc2ccccc2)c1. The minimum atomic E-state index is -0.969. The maximum Gasteiger partial charge on any atom is 0.338 e. The summed E-state index contributed by atoms with van der Waals surface area (Å²) in [6.45, 7) is 1.24. The van der Waals surface area contributed by atoms with Crippen LogP contribution in [0, 0.1) is 0 Å². The molecular weight excluding hydrogens is 218 g/mol. The van der Waals surface area contributed by atoms with Crippen LogP contribution in [0.1, 0.15) is 21.7 Å². The van der Waals surface area contributed by atoms with Gasteiger partial charge in [-0.2, -0.15) is 0 Å². The summed E-state index contributed by atoms with van der Waals surface area (Å²) in [6.07, 6.45) is 1.25. The quantitative estimate of drug-likeness (QED) is 0.828. The number of hydrogen-bond acceptors (Lipinski definition) is 3. The first kappa shape index (κ1) is 11.4. The van der Waals surface area contributed by atoms with Crippen LogP contribution in [0.3, 0.4) is 0 Å². The lowest BCUT2D eigenvalue weighted by molar-refractivity contribution is 0.0696. The Morgan fingerprint density at radius 1 is 1.24 bits per heavy atom. The number of carboxylic acids is 1. The first-order valence-corrected chi connectivity index (χ1v) is 5.31. The van der Waals surface area contributed by atoms with Crippen molar-refractivity contribution in [2.24, 2.45) is 0 Å². The second-order valence-corrected chi connectivity index (χ2v) is 3.70. The molecule has 0 aliphatic rings. The standard InChI is InChI=1S/C13H13NO3/c15-13(16)11-6-12(17-9-11)8-14-7-10-4-2-1-3-5-10/h1-6,9,14H,7-8H2,(H,15,16). The van der Waals surface area contributed by atoms with E-state index in [1.54, 1.807) is 0 Å². The summed E-state index contributed by atoms with van der Waals surface area (Å²) in [5.74, 6) is -0.346. The molecule has 0 fully saturated rings. The van der Waals surface area contributed by atoms with Crippen LogP contribution < -0.4 is 5.32 Å². The van der Waals surface area contributed by atoms with E-state index in [1.165, 1.54) is 17.9 Å². The topological polar surface area (TPSA) is 62.5 Å². The van der Waals surface area contributed by atoms with E-state index in [1.807, 2.05) is 30.3 Å². The Bertz CT molecular complexity index is 490. The number of benzene rings is 1. The number of carboxylic acid groups (broad SMARTS) is 1. The van der Waals surface area contributed by atoms with Gasteiger partial charge in [0.15, 0.2) is 0 Å². The molecule has 17 heavy (non-hydrogen) atoms. The van der Waals surface area contributed by atoms with Gasteiger partial charge in [0.25, 0.3) is 0 Å². The molecule has 0 saturated carbocycles. The molecule has 0 spiro atoms. The molecule has 4 nitrogen and oxygen atoms in total. The lowest BCUT2D eigenvalue weighted by atomic mass is 10.2. The molecule has 1 heterocycles. The fourth-order valence-corrected chi connectivity index (χ4v) is 1.51. The molecule has 0 saturated heterocycles. The number of hydrogen-bond donors (Lipinski definition) is 2. The van der Waals surface area contributed by atoms with Crippen LogP contribution >= 0.6 is 0 Å². The van der Waals surface area contributed by atoms with Crippen molar-refractivity contribution in [1.82, 2.24) is 5.32 Å². The minimum Gasteiger partial charge on any atom is -0.478 e. The minimum absolute atomic E-state index is 0.182. The maximum atomic E-state index is 10.6. The Morgan fingerprint density at radius 3 is 2.65 bits per heavy atom. The highest BCUT2D eigenvalue weighted by atomic mass is 16.4. The van der Waals surface area contributed by atoms with E-state index in [9.17, 15) is 4.79 Å². The lowest BCUT2D eigenvalue weighted by Gasteiger charge is -2.02. The number of aromatic carboxylic acids is 1. The monoisotopic (exact) mass is 231 g/mol. The summed E-state index contributed by atoms with van der Waals surface area (Å²) in [7, 11) is 0. The highest BCUT2D eigenvalue weighted by Crippen LogP contribution is 2.07. The predicted octanol–water partition coefficient (Wildman–Crippen LogP) is 2.27. The van der Waals surface area contributed by atoms with Crippen molar-refractivity contribution < 1.29 is 14.3 Å². The van der Waals surface area contributed by atoms with Crippen LogP contribution in [0.15, 0.2) is 47.1 Å². The zero-order valence-corrected chi connectivity index (χ0v) is 9.22. The van der Waals surface area contributed by atoms with Gasteiger partial charge < -0.3 is 14.8 Å². The second kappa shape index (κ2) is 5.32. The number of nitrogens with one attached hydrogen (secondary N) is 1. The lowest BCUT2D eigenvalue weighted by Crippen LogP contribution is -2.11. The van der Waals surface area contributed by atoms with Gasteiger partial charge in [-0.15, -0.1) is 0 Å². The molecule has 0 bridgehead atoms. The van der Waals surface area contributed by atoms with Crippen LogP contribution in [-0.4, -0.2) is 11.1 Å². The third-order valence-corrected chi connectivity index (χ3v) is 2.37. The zero-order valence-electron chi connectivity index (χ0n) is 9.22. The molecule has 2 aromatic rings. The summed E-state index contributed by atoms with van der Waals surface area (Å²) in [4.78, 5) is 10.6. The number of rotatable bonds is 5. The summed E-state index contributed by atoms with van der Waals surface area (Å²) in [5.41, 5.74) is 1.36. The summed E-state index contributed by atoms with van der Waals surface area (Å²) in [5, 5.41) is 11.9. The van der Waals surface area contributed by atoms with Gasteiger partial charge in [0.2, 0.25) is 0 Å². The molecule has 0 atom stereocenters. The predicted molar refractivity (Wildman–Crippen MR) is 62.7 cm³/mol. The fourth-order valence-electron chi connectivity index (χ4n) is 1.51. The molecule has 2 N–H and O–H groups in total. The van der Waals surface area contributed by atoms with E-state index in [2.05, 4.69) is 5.32 Å². The molecule has 4 heteroatoms. The third kappa shape index (κ3) is 3.19. The smallest absolute Gasteiger partial charge is 0.338 e. The van der Waals surface area contributed by atoms with Crippen molar-refractivity contribution in [2.75, 3.05) is 0 Å². The first-order chi connectivity index (χ1) is 8.25. The van der Waals surface area contributed by atoms with Gasteiger partial charge in [0, 0.05) is 6.54 Å². The second-order valence-electron chi connectivity index (χ2n) is 3.70. The Balaban J connectivity index is 1.84. The molecule has 1 aromatic heterocycles. The number of carbonyl (C=O) groups is 1. The third-order valence-electron chi connectivity index (χ3n) is 2.37. The van der Waals surface area contributed by atoms with Gasteiger partial charge in [0.1, 0.15) is 12.0 Å². The van der Waals surface area contributed by atoms with Gasteiger partial charge >= 0.3 is 5.97 Å². The summed E-state index contributed by atoms with van der Waals surface area (Å²) >= 11 is 0. The molecular formula is C13H13NO3. The van der Waals surface area contributed by atoms with Crippen molar-refractivity contribution in [3.05, 3.63) is 59.5 Å². The van der Waals surface area contributed by atoms with Crippen molar-refractivity contribution in [2.45, 2.75) is 13.1 Å². The van der Waals surface area contributed by atoms with Crippen LogP contribution in [0.5, 0.6) is 0 Å². The fraction of sp³-hybridized carbons (Fsp3) is 0.154. The normalized spacial score (nSPS) is 10.4. The Kier molecular flexibility index (Phi) is 3.57. The number of furan rings is 1. The highest BCUT2D eigenvalue weighted by Gasteiger charge is 2.07. The molecule has 0 radical (unpaired) electrons.